The first-order valence-corrected chi connectivity index (χ1v) is 10.3. The van der Waals surface area contributed by atoms with Gasteiger partial charge in [-0.15, -0.1) is 11.3 Å². The Morgan fingerprint density at radius 2 is 2.25 bits per heavy atom. The summed E-state index contributed by atoms with van der Waals surface area (Å²) < 4.78 is 27.3. The van der Waals surface area contributed by atoms with E-state index < -0.39 is 10.0 Å². The van der Waals surface area contributed by atoms with E-state index in [0.717, 1.165) is 34.9 Å². The Hall–Kier alpha value is -0.0800. The summed E-state index contributed by atoms with van der Waals surface area (Å²) in [5.74, 6) is 1.96. The van der Waals surface area contributed by atoms with Gasteiger partial charge in [-0.05, 0) is 36.6 Å². The minimum absolute atomic E-state index is 0.135. The van der Waals surface area contributed by atoms with E-state index in [0.29, 0.717) is 11.4 Å². The Labute approximate surface area is 130 Å². The van der Waals surface area contributed by atoms with Gasteiger partial charge >= 0.3 is 0 Å². The highest BCUT2D eigenvalue weighted by Crippen LogP contribution is 2.32. The summed E-state index contributed by atoms with van der Waals surface area (Å²) in [7, 11) is -1.66. The van der Waals surface area contributed by atoms with Gasteiger partial charge in [0.25, 0.3) is 0 Å². The fourth-order valence-electron chi connectivity index (χ4n) is 2.34. The molecule has 0 aliphatic carbocycles. The van der Waals surface area contributed by atoms with Crippen LogP contribution in [0, 0.1) is 6.92 Å². The van der Waals surface area contributed by atoms with Crippen LogP contribution in [-0.2, 0) is 16.6 Å². The first-order chi connectivity index (χ1) is 9.48. The minimum Gasteiger partial charge on any atom is -0.312 e. The number of thiophene rings is 1. The average Bonchev–Trinajstić information content (AvgIpc) is 3.04. The van der Waals surface area contributed by atoms with Crippen molar-refractivity contribution in [1.82, 2.24) is 9.62 Å². The highest BCUT2D eigenvalue weighted by atomic mass is 32.2. The van der Waals surface area contributed by atoms with Gasteiger partial charge in [-0.2, -0.15) is 16.1 Å². The predicted molar refractivity (Wildman–Crippen MR) is 87.1 cm³/mol. The van der Waals surface area contributed by atoms with E-state index in [1.54, 1.807) is 11.4 Å². The second-order valence-electron chi connectivity index (χ2n) is 4.99. The second kappa shape index (κ2) is 6.79. The Morgan fingerprint density at radius 1 is 1.50 bits per heavy atom. The van der Waals surface area contributed by atoms with Crippen LogP contribution in [0.5, 0.6) is 0 Å². The molecule has 2 rings (SSSR count). The first kappa shape index (κ1) is 16.3. The van der Waals surface area contributed by atoms with E-state index in [2.05, 4.69) is 5.32 Å². The molecule has 0 amide bonds. The van der Waals surface area contributed by atoms with Gasteiger partial charge in [-0.3, -0.25) is 0 Å². The van der Waals surface area contributed by atoms with Crippen molar-refractivity contribution >= 4 is 33.1 Å². The molecule has 0 spiro atoms. The van der Waals surface area contributed by atoms with Crippen LogP contribution in [0.15, 0.2) is 10.3 Å². The molecular formula is C13H22N2O2S3. The molecule has 7 heteroatoms. The molecular weight excluding hydrogens is 312 g/mol. The summed E-state index contributed by atoms with van der Waals surface area (Å²) in [6.45, 7) is 5.37. The molecule has 1 aromatic rings. The standard InChI is InChI=1S/C13H22N2O2S3/c1-4-14-7-12-13(10(2)8-19-12)20(16,17)15(3)11-5-6-18-9-11/h8,11,14H,4-7,9H2,1-3H3. The smallest absolute Gasteiger partial charge is 0.244 e. The zero-order valence-corrected chi connectivity index (χ0v) is 14.6. The maximum Gasteiger partial charge on any atom is 0.244 e. The molecule has 1 aliphatic rings. The largest absolute Gasteiger partial charge is 0.312 e. The number of thioether (sulfide) groups is 1. The van der Waals surface area contributed by atoms with E-state index in [9.17, 15) is 8.42 Å². The molecule has 1 saturated heterocycles. The summed E-state index contributed by atoms with van der Waals surface area (Å²) >= 11 is 3.36. The maximum absolute atomic E-state index is 12.9. The summed E-state index contributed by atoms with van der Waals surface area (Å²) in [5.41, 5.74) is 0.861. The Bertz CT molecular complexity index is 548. The number of rotatable bonds is 6. The molecule has 0 bridgehead atoms. The maximum atomic E-state index is 12.9. The first-order valence-electron chi connectivity index (χ1n) is 6.82. The van der Waals surface area contributed by atoms with Crippen LogP contribution < -0.4 is 5.32 Å². The van der Waals surface area contributed by atoms with Crippen LogP contribution in [0.25, 0.3) is 0 Å². The molecule has 0 aromatic carbocycles. The predicted octanol–water partition coefficient (Wildman–Crippen LogP) is 2.29. The van der Waals surface area contributed by atoms with Crippen molar-refractivity contribution in [1.29, 1.82) is 0 Å². The van der Waals surface area contributed by atoms with Gasteiger partial charge in [-0.1, -0.05) is 6.92 Å². The SMILES string of the molecule is CCNCc1scc(C)c1S(=O)(=O)N(C)C1CCSC1. The molecule has 1 N–H and O–H groups in total. The van der Waals surface area contributed by atoms with Gasteiger partial charge < -0.3 is 5.32 Å². The number of aryl methyl sites for hydroxylation is 1. The molecule has 1 aliphatic heterocycles. The number of nitrogens with zero attached hydrogens (tertiary/aromatic N) is 1. The third-order valence-electron chi connectivity index (χ3n) is 3.58. The molecule has 1 atom stereocenters. The summed E-state index contributed by atoms with van der Waals surface area (Å²) in [6.07, 6.45) is 0.951. The Kier molecular flexibility index (Phi) is 5.53. The van der Waals surface area contributed by atoms with Crippen molar-refractivity contribution in [3.63, 3.8) is 0 Å². The van der Waals surface area contributed by atoms with Crippen LogP contribution in [0.2, 0.25) is 0 Å². The highest BCUT2D eigenvalue weighted by molar-refractivity contribution is 7.99. The third-order valence-corrected chi connectivity index (χ3v) is 8.10. The monoisotopic (exact) mass is 334 g/mol. The van der Waals surface area contributed by atoms with Crippen LogP contribution in [0.1, 0.15) is 23.8 Å². The second-order valence-corrected chi connectivity index (χ2v) is 9.04. The van der Waals surface area contributed by atoms with E-state index >= 15 is 0 Å². The molecule has 1 unspecified atom stereocenters. The number of hydrogen-bond donors (Lipinski definition) is 1. The van der Waals surface area contributed by atoms with Crippen molar-refractivity contribution in [2.45, 2.75) is 37.8 Å². The normalized spacial score (nSPS) is 19.9. The van der Waals surface area contributed by atoms with Gasteiger partial charge in [0.15, 0.2) is 0 Å². The summed E-state index contributed by atoms with van der Waals surface area (Å²) in [5, 5.41) is 5.16. The average molecular weight is 335 g/mol. The minimum atomic E-state index is -3.38. The molecule has 0 saturated carbocycles. The van der Waals surface area contributed by atoms with Crippen molar-refractivity contribution < 1.29 is 8.42 Å². The number of sulfonamides is 1. The Balaban J connectivity index is 2.30. The zero-order valence-electron chi connectivity index (χ0n) is 12.2. The fourth-order valence-corrected chi connectivity index (χ4v) is 6.82. The topological polar surface area (TPSA) is 49.4 Å². The van der Waals surface area contributed by atoms with Gasteiger partial charge in [0, 0.05) is 30.3 Å². The van der Waals surface area contributed by atoms with Crippen LogP contribution in [-0.4, -0.2) is 43.9 Å². The van der Waals surface area contributed by atoms with Gasteiger partial charge in [0.2, 0.25) is 10.0 Å². The summed E-state index contributed by atoms with van der Waals surface area (Å²) in [4.78, 5) is 1.43. The van der Waals surface area contributed by atoms with Crippen LogP contribution in [0.3, 0.4) is 0 Å². The van der Waals surface area contributed by atoms with Crippen molar-refractivity contribution in [3.05, 3.63) is 15.8 Å². The van der Waals surface area contributed by atoms with Crippen LogP contribution >= 0.6 is 23.1 Å². The van der Waals surface area contributed by atoms with E-state index in [1.807, 2.05) is 31.0 Å². The lowest BCUT2D eigenvalue weighted by molar-refractivity contribution is 0.394. The Morgan fingerprint density at radius 3 is 2.85 bits per heavy atom. The van der Waals surface area contributed by atoms with Crippen LogP contribution in [0.4, 0.5) is 0 Å². The fraction of sp³-hybridized carbons (Fsp3) is 0.692. The number of hydrogen-bond acceptors (Lipinski definition) is 5. The van der Waals surface area contributed by atoms with Gasteiger partial charge in [0.05, 0.1) is 0 Å². The lowest BCUT2D eigenvalue weighted by Crippen LogP contribution is -2.37. The number of nitrogens with one attached hydrogen (secondary N) is 1. The molecule has 2 heterocycles. The van der Waals surface area contributed by atoms with Gasteiger partial charge in [-0.25, -0.2) is 8.42 Å². The lowest BCUT2D eigenvalue weighted by atomic mass is 10.3. The van der Waals surface area contributed by atoms with E-state index in [4.69, 9.17) is 0 Å². The summed E-state index contributed by atoms with van der Waals surface area (Å²) in [6, 6.07) is 0.135. The van der Waals surface area contributed by atoms with E-state index in [1.165, 1.54) is 11.3 Å². The van der Waals surface area contributed by atoms with Gasteiger partial charge in [0.1, 0.15) is 4.90 Å². The lowest BCUT2D eigenvalue weighted by Gasteiger charge is -2.24. The molecule has 20 heavy (non-hydrogen) atoms. The highest BCUT2D eigenvalue weighted by Gasteiger charge is 2.33. The van der Waals surface area contributed by atoms with E-state index in [-0.39, 0.29) is 6.04 Å². The molecule has 4 nitrogen and oxygen atoms in total. The molecule has 0 radical (unpaired) electrons. The van der Waals surface area contributed by atoms with Crippen molar-refractivity contribution in [2.75, 3.05) is 25.1 Å². The van der Waals surface area contributed by atoms with Crippen molar-refractivity contribution in [2.24, 2.45) is 0 Å². The molecule has 1 aromatic heterocycles. The third kappa shape index (κ3) is 3.22. The zero-order chi connectivity index (χ0) is 14.8. The molecule has 1 fully saturated rings. The van der Waals surface area contributed by atoms with Crippen molar-refractivity contribution in [3.8, 4) is 0 Å². The molecule has 114 valence electrons. The quantitative estimate of drug-likeness (QED) is 0.867.